The maximum Gasteiger partial charge on any atom is 0.305 e. The Kier molecular flexibility index (Phi) is 14.7. The third-order valence-corrected chi connectivity index (χ3v) is 3.01. The first-order chi connectivity index (χ1) is 9.81. The van der Waals surface area contributed by atoms with Gasteiger partial charge < -0.3 is 4.74 Å². The van der Waals surface area contributed by atoms with Gasteiger partial charge in [0.2, 0.25) is 0 Å². The van der Waals surface area contributed by atoms with Crippen molar-refractivity contribution in [1.82, 2.24) is 0 Å². The molecule has 2 heteroatoms. The molecule has 0 aromatic heterocycles. The minimum atomic E-state index is -0.0922. The summed E-state index contributed by atoms with van der Waals surface area (Å²) in [6, 6.07) is 0. The topological polar surface area (TPSA) is 26.3 Å². The highest BCUT2D eigenvalue weighted by Gasteiger charge is 1.98. The number of unbranched alkanes of at least 4 members (excludes halogenated alkanes) is 4. The molecular formula is C18H30O2. The van der Waals surface area contributed by atoms with Crippen molar-refractivity contribution in [2.45, 2.75) is 64.7 Å². The lowest BCUT2D eigenvalue weighted by Gasteiger charge is -1.99. The quantitative estimate of drug-likeness (QED) is 0.273. The van der Waals surface area contributed by atoms with E-state index in [2.05, 4.69) is 48.1 Å². The highest BCUT2D eigenvalue weighted by atomic mass is 16.5. The van der Waals surface area contributed by atoms with Crippen LogP contribution in [0.25, 0.3) is 0 Å². The number of allylic oxidation sites excluding steroid dienone is 6. The molecule has 0 rings (SSSR count). The molecule has 0 N–H and O–H groups in total. The third-order valence-electron chi connectivity index (χ3n) is 3.01. The van der Waals surface area contributed by atoms with Gasteiger partial charge in [0.25, 0.3) is 0 Å². The van der Waals surface area contributed by atoms with Gasteiger partial charge in [-0.15, -0.1) is 0 Å². The highest BCUT2D eigenvalue weighted by Crippen LogP contribution is 2.06. The molecule has 0 saturated heterocycles. The maximum atomic E-state index is 10.9. The van der Waals surface area contributed by atoms with Crippen LogP contribution in [0, 0.1) is 0 Å². The molecule has 2 nitrogen and oxygen atoms in total. The summed E-state index contributed by atoms with van der Waals surface area (Å²) < 4.78 is 4.60. The first-order valence-electron chi connectivity index (χ1n) is 7.83. The lowest BCUT2D eigenvalue weighted by molar-refractivity contribution is -0.140. The van der Waals surface area contributed by atoms with Gasteiger partial charge in [0.1, 0.15) is 0 Å². The number of rotatable bonds is 12. The van der Waals surface area contributed by atoms with E-state index in [9.17, 15) is 4.79 Å². The van der Waals surface area contributed by atoms with Crippen molar-refractivity contribution < 1.29 is 9.53 Å². The largest absolute Gasteiger partial charge is 0.469 e. The standard InChI is InChI=1S/C18H30O2/c1-3-4-5-6-7-8-9-10-11-12-13-14-15-16-17-18(19)20-2/h4-5,7-8,10-11H,3,6,9,12-17H2,1-2H3/b5-4+,8-7+,11-10+. The van der Waals surface area contributed by atoms with Crippen molar-refractivity contribution in [3.8, 4) is 0 Å². The molecule has 0 heterocycles. The summed E-state index contributed by atoms with van der Waals surface area (Å²) in [7, 11) is 1.45. The minimum Gasteiger partial charge on any atom is -0.469 e. The molecular weight excluding hydrogens is 248 g/mol. The van der Waals surface area contributed by atoms with Crippen LogP contribution in [-0.4, -0.2) is 13.1 Å². The zero-order valence-corrected chi connectivity index (χ0v) is 13.1. The molecule has 0 aliphatic carbocycles. The molecule has 114 valence electrons. The molecule has 0 aliphatic rings. The predicted molar refractivity (Wildman–Crippen MR) is 86.7 cm³/mol. The van der Waals surface area contributed by atoms with Gasteiger partial charge in [-0.05, 0) is 38.5 Å². The van der Waals surface area contributed by atoms with Crippen molar-refractivity contribution >= 4 is 5.97 Å². The van der Waals surface area contributed by atoms with Gasteiger partial charge in [0, 0.05) is 6.42 Å². The molecule has 20 heavy (non-hydrogen) atoms. The van der Waals surface area contributed by atoms with Gasteiger partial charge in [0.15, 0.2) is 0 Å². The number of ether oxygens (including phenoxy) is 1. The number of esters is 1. The summed E-state index contributed by atoms with van der Waals surface area (Å²) in [6.07, 6.45) is 22.7. The van der Waals surface area contributed by atoms with Gasteiger partial charge in [-0.2, -0.15) is 0 Å². The first-order valence-corrected chi connectivity index (χ1v) is 7.83. The average Bonchev–Trinajstić information content (AvgIpc) is 2.47. The van der Waals surface area contributed by atoms with Gasteiger partial charge in [0.05, 0.1) is 7.11 Å². The average molecular weight is 278 g/mol. The second-order valence-corrected chi connectivity index (χ2v) is 4.82. The molecule has 0 aliphatic heterocycles. The van der Waals surface area contributed by atoms with Crippen LogP contribution in [0.3, 0.4) is 0 Å². The number of hydrogen-bond donors (Lipinski definition) is 0. The summed E-state index contributed by atoms with van der Waals surface area (Å²) in [5, 5.41) is 0. The Balaban J connectivity index is 3.27. The van der Waals surface area contributed by atoms with Crippen LogP contribution >= 0.6 is 0 Å². The Morgan fingerprint density at radius 1 is 0.850 bits per heavy atom. The Hall–Kier alpha value is -1.31. The van der Waals surface area contributed by atoms with Crippen molar-refractivity contribution in [2.75, 3.05) is 7.11 Å². The van der Waals surface area contributed by atoms with E-state index in [1.807, 2.05) is 0 Å². The molecule has 0 fully saturated rings. The Bertz CT molecular complexity index is 301. The third kappa shape index (κ3) is 14.7. The fraction of sp³-hybridized carbons (Fsp3) is 0.611. The zero-order valence-electron chi connectivity index (χ0n) is 13.1. The summed E-state index contributed by atoms with van der Waals surface area (Å²) in [4.78, 5) is 10.9. The van der Waals surface area contributed by atoms with E-state index < -0.39 is 0 Å². The Morgan fingerprint density at radius 2 is 1.45 bits per heavy atom. The lowest BCUT2D eigenvalue weighted by atomic mass is 10.1. The molecule has 0 spiro atoms. The van der Waals surface area contributed by atoms with Crippen molar-refractivity contribution in [2.24, 2.45) is 0 Å². The van der Waals surface area contributed by atoms with Crippen LogP contribution in [0.5, 0.6) is 0 Å². The van der Waals surface area contributed by atoms with E-state index in [-0.39, 0.29) is 5.97 Å². The molecule has 0 aromatic rings. The van der Waals surface area contributed by atoms with Crippen LogP contribution in [0.15, 0.2) is 36.5 Å². The SMILES string of the molecule is CC/C=C/C/C=C/C/C=C/CCCCCCC(=O)OC. The molecule has 0 aromatic carbocycles. The number of methoxy groups -OCH3 is 1. The second-order valence-electron chi connectivity index (χ2n) is 4.82. The van der Waals surface area contributed by atoms with E-state index in [1.54, 1.807) is 0 Å². The Labute approximate surface area is 124 Å². The molecule has 0 atom stereocenters. The summed E-state index contributed by atoms with van der Waals surface area (Å²) >= 11 is 0. The van der Waals surface area contributed by atoms with Crippen molar-refractivity contribution in [1.29, 1.82) is 0 Å². The van der Waals surface area contributed by atoms with Crippen LogP contribution in [0.1, 0.15) is 64.7 Å². The van der Waals surface area contributed by atoms with E-state index in [1.165, 1.54) is 20.0 Å². The van der Waals surface area contributed by atoms with E-state index in [4.69, 9.17) is 0 Å². The maximum absolute atomic E-state index is 10.9. The van der Waals surface area contributed by atoms with Gasteiger partial charge >= 0.3 is 5.97 Å². The number of carbonyl (C=O) groups excluding carboxylic acids is 1. The van der Waals surface area contributed by atoms with E-state index in [0.717, 1.165) is 38.5 Å². The minimum absolute atomic E-state index is 0.0922. The zero-order chi connectivity index (χ0) is 14.9. The van der Waals surface area contributed by atoms with Crippen molar-refractivity contribution in [3.63, 3.8) is 0 Å². The Morgan fingerprint density at radius 3 is 2.10 bits per heavy atom. The predicted octanol–water partition coefficient (Wildman–Crippen LogP) is 5.36. The van der Waals surface area contributed by atoms with Gasteiger partial charge in [-0.3, -0.25) is 4.79 Å². The highest BCUT2D eigenvalue weighted by molar-refractivity contribution is 5.68. The van der Waals surface area contributed by atoms with Crippen molar-refractivity contribution in [3.05, 3.63) is 36.5 Å². The molecule has 0 unspecified atom stereocenters. The molecule has 0 bridgehead atoms. The smallest absolute Gasteiger partial charge is 0.305 e. The van der Waals surface area contributed by atoms with Crippen LogP contribution in [0.2, 0.25) is 0 Å². The van der Waals surface area contributed by atoms with Crippen LogP contribution in [0.4, 0.5) is 0 Å². The number of carbonyl (C=O) groups is 1. The molecule has 0 radical (unpaired) electrons. The van der Waals surface area contributed by atoms with E-state index in [0.29, 0.717) is 6.42 Å². The summed E-state index contributed by atoms with van der Waals surface area (Å²) in [5.41, 5.74) is 0. The fourth-order valence-corrected chi connectivity index (χ4v) is 1.81. The second kappa shape index (κ2) is 15.7. The first kappa shape index (κ1) is 18.7. The summed E-state index contributed by atoms with van der Waals surface area (Å²) in [5.74, 6) is -0.0922. The molecule has 0 saturated carbocycles. The fourth-order valence-electron chi connectivity index (χ4n) is 1.81. The summed E-state index contributed by atoms with van der Waals surface area (Å²) in [6.45, 7) is 2.15. The normalized spacial score (nSPS) is 11.9. The lowest BCUT2D eigenvalue weighted by Crippen LogP contribution is -1.98. The molecule has 0 amide bonds. The van der Waals surface area contributed by atoms with Gasteiger partial charge in [-0.1, -0.05) is 56.2 Å². The monoisotopic (exact) mass is 278 g/mol. The van der Waals surface area contributed by atoms with Crippen LogP contribution < -0.4 is 0 Å². The number of hydrogen-bond acceptors (Lipinski definition) is 2. The van der Waals surface area contributed by atoms with Crippen LogP contribution in [-0.2, 0) is 9.53 Å². The van der Waals surface area contributed by atoms with Gasteiger partial charge in [-0.25, -0.2) is 0 Å². The van der Waals surface area contributed by atoms with E-state index >= 15 is 0 Å².